The van der Waals surface area contributed by atoms with Crippen LogP contribution < -0.4 is 5.32 Å². The molecule has 9 nitrogen and oxygen atoms in total. The highest BCUT2D eigenvalue weighted by Crippen LogP contribution is 2.61. The maximum Gasteiger partial charge on any atom is 0.245 e. The molecule has 4 atom stereocenters. The Bertz CT molecular complexity index is 1700. The van der Waals surface area contributed by atoms with Gasteiger partial charge in [-0.25, -0.2) is 17.9 Å². The average molecular weight is 659 g/mol. The minimum absolute atomic E-state index is 0.0514. The number of rotatable bonds is 9. The average Bonchev–Trinajstić information content (AvgIpc) is 3.65. The molecule has 6 fully saturated rings. The molecule has 0 unspecified atom stereocenters. The third kappa shape index (κ3) is 5.67. The van der Waals surface area contributed by atoms with E-state index >= 15 is 0 Å². The number of aromatic nitrogens is 3. The first-order valence-electron chi connectivity index (χ1n) is 18.0. The Hall–Kier alpha value is -2.98. The van der Waals surface area contributed by atoms with Crippen LogP contribution in [-0.2, 0) is 20.0 Å². The summed E-state index contributed by atoms with van der Waals surface area (Å²) in [6.07, 6.45) is 15.1. The molecule has 6 aliphatic rings. The van der Waals surface area contributed by atoms with E-state index in [1.165, 1.54) is 44.1 Å². The minimum atomic E-state index is -3.50. The second-order valence-corrected chi connectivity index (χ2v) is 18.1. The number of anilines is 1. The van der Waals surface area contributed by atoms with Crippen molar-refractivity contribution in [2.24, 2.45) is 23.7 Å². The van der Waals surface area contributed by atoms with Crippen LogP contribution in [0.3, 0.4) is 0 Å². The molecule has 3 aromatic rings. The van der Waals surface area contributed by atoms with Gasteiger partial charge in [0.15, 0.2) is 15.7 Å². The second-order valence-electron chi connectivity index (χ2n) is 16.0. The molecule has 9 rings (SSSR count). The van der Waals surface area contributed by atoms with E-state index < -0.39 is 15.9 Å². The van der Waals surface area contributed by atoms with Crippen LogP contribution in [0.25, 0.3) is 5.52 Å². The van der Waals surface area contributed by atoms with Crippen molar-refractivity contribution >= 4 is 27.1 Å². The molecule has 47 heavy (non-hydrogen) atoms. The van der Waals surface area contributed by atoms with Gasteiger partial charge in [0.1, 0.15) is 17.9 Å². The number of fused-ring (bicyclic) bond motifs is 1. The molecule has 0 radical (unpaired) electrons. The van der Waals surface area contributed by atoms with Crippen LogP contribution in [0.5, 0.6) is 0 Å². The van der Waals surface area contributed by atoms with E-state index in [-0.39, 0.29) is 29.0 Å². The van der Waals surface area contributed by atoms with Crippen LogP contribution in [0.4, 0.5) is 5.82 Å². The van der Waals surface area contributed by atoms with Gasteiger partial charge >= 0.3 is 0 Å². The van der Waals surface area contributed by atoms with E-state index in [9.17, 15) is 13.2 Å². The number of nitrogens with zero attached hydrogens (tertiary/aromatic N) is 5. The molecule has 1 aliphatic heterocycles. The van der Waals surface area contributed by atoms with Gasteiger partial charge < -0.3 is 15.1 Å². The maximum absolute atomic E-state index is 14.1. The summed E-state index contributed by atoms with van der Waals surface area (Å²) in [6.45, 7) is 4.99. The molecule has 1 N–H and O–H groups in total. The van der Waals surface area contributed by atoms with Crippen molar-refractivity contribution in [2.75, 3.05) is 24.7 Å². The topological polar surface area (TPSA) is 99.9 Å². The Morgan fingerprint density at radius 3 is 2.38 bits per heavy atom. The molecule has 3 heterocycles. The van der Waals surface area contributed by atoms with E-state index in [0.29, 0.717) is 35.8 Å². The van der Waals surface area contributed by atoms with Gasteiger partial charge in [0.25, 0.3) is 0 Å². The van der Waals surface area contributed by atoms with Gasteiger partial charge in [0, 0.05) is 30.9 Å². The number of hydrogen-bond donors (Lipinski definition) is 1. The molecule has 1 saturated heterocycles. The summed E-state index contributed by atoms with van der Waals surface area (Å²) < 4.78 is 29.2. The van der Waals surface area contributed by atoms with Gasteiger partial charge in [-0.05, 0) is 138 Å². The van der Waals surface area contributed by atoms with Crippen molar-refractivity contribution in [1.82, 2.24) is 24.4 Å². The van der Waals surface area contributed by atoms with Crippen molar-refractivity contribution < 1.29 is 13.2 Å². The summed E-state index contributed by atoms with van der Waals surface area (Å²) in [4.78, 5) is 23.5. The third-order valence-corrected chi connectivity index (χ3v) is 14.7. The van der Waals surface area contributed by atoms with Gasteiger partial charge in [-0.3, -0.25) is 4.79 Å². The van der Waals surface area contributed by atoms with Crippen LogP contribution in [0.15, 0.2) is 53.8 Å². The fourth-order valence-corrected chi connectivity index (χ4v) is 12.4. The second kappa shape index (κ2) is 11.9. The molecule has 5 aliphatic carbocycles. The number of carbonyl (C=O) groups excluding carboxylic acids is 1. The first kappa shape index (κ1) is 31.3. The van der Waals surface area contributed by atoms with Gasteiger partial charge in [-0.2, -0.15) is 5.10 Å². The summed E-state index contributed by atoms with van der Waals surface area (Å²) in [5.41, 5.74) is 2.59. The molecule has 4 bridgehead atoms. The lowest BCUT2D eigenvalue weighted by atomic mass is 9.48. The first-order valence-corrected chi connectivity index (χ1v) is 19.6. The maximum atomic E-state index is 14.1. The molecule has 1 amide bonds. The lowest BCUT2D eigenvalue weighted by Crippen LogP contribution is -2.52. The van der Waals surface area contributed by atoms with Crippen LogP contribution in [0, 0.1) is 23.7 Å². The Labute approximate surface area is 279 Å². The van der Waals surface area contributed by atoms with Gasteiger partial charge in [0.2, 0.25) is 5.91 Å². The minimum Gasteiger partial charge on any atom is -0.356 e. The molecule has 2 aromatic heterocycles. The van der Waals surface area contributed by atoms with E-state index in [0.717, 1.165) is 42.5 Å². The van der Waals surface area contributed by atoms with Crippen molar-refractivity contribution in [3.63, 3.8) is 0 Å². The normalized spacial score (nSPS) is 33.9. The van der Waals surface area contributed by atoms with E-state index in [4.69, 9.17) is 0 Å². The largest absolute Gasteiger partial charge is 0.356 e. The molecule has 5 saturated carbocycles. The zero-order valence-electron chi connectivity index (χ0n) is 28.1. The van der Waals surface area contributed by atoms with E-state index in [1.54, 1.807) is 30.6 Å². The highest BCUT2D eigenvalue weighted by molar-refractivity contribution is 7.91. The van der Waals surface area contributed by atoms with Crippen molar-refractivity contribution in [2.45, 2.75) is 113 Å². The third-order valence-electron chi connectivity index (χ3n) is 12.8. The predicted molar refractivity (Wildman–Crippen MR) is 183 cm³/mol. The highest BCUT2D eigenvalue weighted by atomic mass is 32.2. The van der Waals surface area contributed by atoms with Gasteiger partial charge in [-0.15, -0.1) is 0 Å². The Kier molecular flexibility index (Phi) is 7.90. The Morgan fingerprint density at radius 1 is 1.00 bits per heavy atom. The number of nitrogens with one attached hydrogen (secondary N) is 1. The van der Waals surface area contributed by atoms with Crippen molar-refractivity contribution in [1.29, 1.82) is 0 Å². The van der Waals surface area contributed by atoms with Crippen LogP contribution >= 0.6 is 0 Å². The van der Waals surface area contributed by atoms with Gasteiger partial charge in [0.05, 0.1) is 10.6 Å². The smallest absolute Gasteiger partial charge is 0.245 e. The fourth-order valence-electron chi connectivity index (χ4n) is 10.7. The van der Waals surface area contributed by atoms with Crippen LogP contribution in [0.1, 0.15) is 83.6 Å². The molecule has 0 spiro atoms. The molecule has 252 valence electrons. The van der Waals surface area contributed by atoms with Crippen LogP contribution in [-0.4, -0.2) is 82.2 Å². The molecular weight excluding hydrogens is 609 g/mol. The van der Waals surface area contributed by atoms with Crippen molar-refractivity contribution in [3.8, 4) is 0 Å². The number of amides is 1. The predicted octanol–water partition coefficient (Wildman–Crippen LogP) is 5.56. The van der Waals surface area contributed by atoms with E-state index in [2.05, 4.69) is 53.5 Å². The highest BCUT2D eigenvalue weighted by Gasteiger charge is 2.52. The van der Waals surface area contributed by atoms with Crippen molar-refractivity contribution in [3.05, 3.63) is 54.5 Å². The Balaban J connectivity index is 1.02. The standard InChI is InChI=1S/C37H50N6O3S/c1-24(2)41(3)30-9-10-33(28(16-30)22-47(45,46)31-7-5-4-6-8-31)42-12-11-32(36(42)44)40-35-34-17-29(21-43(34)39-23-38-35)37-18-25-13-26(19-37)15-27(14-25)20-37/h4-8,17,21,23-28,30,32-33H,9-16,18-20,22H2,1-3H3,(H,38,39,40)/t25?,26?,27?,28-,30-,32+,33+,37?/m1/s1. The number of likely N-dealkylation sites (tertiary alicyclic amines) is 1. The fraction of sp³-hybridized carbons (Fsp3) is 0.649. The molecule has 10 heteroatoms. The summed E-state index contributed by atoms with van der Waals surface area (Å²) in [5.74, 6) is 3.27. The first-order chi connectivity index (χ1) is 22.6. The van der Waals surface area contributed by atoms with Crippen LogP contribution in [0.2, 0.25) is 0 Å². The summed E-state index contributed by atoms with van der Waals surface area (Å²) >= 11 is 0. The quantitative estimate of drug-likeness (QED) is 0.321. The number of carbonyl (C=O) groups is 1. The summed E-state index contributed by atoms with van der Waals surface area (Å²) in [6, 6.07) is 11.2. The zero-order chi connectivity index (χ0) is 32.5. The van der Waals surface area contributed by atoms with E-state index in [1.807, 2.05) is 15.5 Å². The van der Waals surface area contributed by atoms with Gasteiger partial charge in [-0.1, -0.05) is 18.2 Å². The lowest BCUT2D eigenvalue weighted by molar-refractivity contribution is -0.132. The molecular formula is C37H50N6O3S. The summed E-state index contributed by atoms with van der Waals surface area (Å²) in [7, 11) is -1.37. The Morgan fingerprint density at radius 2 is 1.70 bits per heavy atom. The zero-order valence-corrected chi connectivity index (χ0v) is 28.9. The number of benzene rings is 1. The molecule has 1 aromatic carbocycles. The lowest BCUT2D eigenvalue weighted by Gasteiger charge is -2.56. The number of hydrogen-bond acceptors (Lipinski definition) is 7. The monoisotopic (exact) mass is 658 g/mol. The summed E-state index contributed by atoms with van der Waals surface area (Å²) in [5, 5.41) is 8.11. The number of sulfone groups is 1. The SMILES string of the molecule is CC(C)N(C)[C@@H]1CC[C@H](N2CC[C@H](Nc3ncnn4cc(C56CC7CC(CC(C7)C5)C6)cc34)C2=O)[C@@H](CS(=O)(=O)c2ccccc2)C1.